The van der Waals surface area contributed by atoms with E-state index in [1.807, 2.05) is 49.3 Å². The summed E-state index contributed by atoms with van der Waals surface area (Å²) < 4.78 is 5.84. The van der Waals surface area contributed by atoms with Gasteiger partial charge in [0.2, 0.25) is 0 Å². The molecule has 1 N–H and O–H groups in total. The first-order valence-corrected chi connectivity index (χ1v) is 8.60. The second-order valence-electron chi connectivity index (χ2n) is 6.65. The van der Waals surface area contributed by atoms with Crippen molar-refractivity contribution in [3.8, 4) is 11.8 Å². The minimum atomic E-state index is -1.19. The van der Waals surface area contributed by atoms with E-state index in [1.54, 1.807) is 0 Å². The molecule has 0 bridgehead atoms. The van der Waals surface area contributed by atoms with Gasteiger partial charge in [-0.05, 0) is 45.3 Å². The van der Waals surface area contributed by atoms with E-state index < -0.39 is 17.7 Å². The van der Waals surface area contributed by atoms with Crippen molar-refractivity contribution < 1.29 is 14.6 Å². The van der Waals surface area contributed by atoms with Gasteiger partial charge in [-0.15, -0.1) is 12.4 Å². The molecule has 0 amide bonds. The Morgan fingerprint density at radius 1 is 1.20 bits per heavy atom. The third-order valence-corrected chi connectivity index (χ3v) is 4.34. The fraction of sp³-hybridized carbons (Fsp3) is 0.550. The summed E-state index contributed by atoms with van der Waals surface area (Å²) in [5, 5.41) is 10.1. The minimum Gasteiger partial charge on any atom is -0.452 e. The van der Waals surface area contributed by atoms with E-state index >= 15 is 0 Å². The molecule has 5 heteroatoms. The highest BCUT2D eigenvalue weighted by molar-refractivity contribution is 5.85. The summed E-state index contributed by atoms with van der Waals surface area (Å²) in [6, 6.07) is 9.88. The molecule has 0 spiro atoms. The van der Waals surface area contributed by atoms with E-state index in [0.29, 0.717) is 6.54 Å². The molecule has 0 aromatic heterocycles. The van der Waals surface area contributed by atoms with E-state index in [0.717, 1.165) is 37.7 Å². The van der Waals surface area contributed by atoms with Crippen molar-refractivity contribution in [1.82, 2.24) is 4.90 Å². The maximum Gasteiger partial charge on any atom is 0.336 e. The number of ether oxygens (including phenoxy) is 1. The first-order valence-electron chi connectivity index (χ1n) is 8.60. The molecule has 2 rings (SSSR count). The number of hydrogen-bond donors (Lipinski definition) is 1. The summed E-state index contributed by atoms with van der Waals surface area (Å²) in [5.41, 5.74) is 0.415. The first kappa shape index (κ1) is 21.5. The lowest BCUT2D eigenvalue weighted by molar-refractivity contribution is -0.175. The van der Waals surface area contributed by atoms with Crippen LogP contribution in [0.5, 0.6) is 0 Å². The number of nitrogens with zero attached hydrogens (tertiary/aromatic N) is 1. The molecule has 0 aliphatic heterocycles. The summed E-state index contributed by atoms with van der Waals surface area (Å²) in [4.78, 5) is 14.3. The van der Waals surface area contributed by atoms with Crippen LogP contribution in [0.4, 0.5) is 0 Å². The Labute approximate surface area is 157 Å². The zero-order valence-corrected chi connectivity index (χ0v) is 15.8. The number of esters is 1. The summed E-state index contributed by atoms with van der Waals surface area (Å²) >= 11 is 0. The van der Waals surface area contributed by atoms with Gasteiger partial charge in [0.1, 0.15) is 5.60 Å². The van der Waals surface area contributed by atoms with Gasteiger partial charge in [0.05, 0.1) is 6.54 Å². The Balaban J connectivity index is 0.00000312. The van der Waals surface area contributed by atoms with Crippen LogP contribution in [0.2, 0.25) is 0 Å². The monoisotopic (exact) mass is 365 g/mol. The first-order chi connectivity index (χ1) is 11.5. The largest absolute Gasteiger partial charge is 0.452 e. The highest BCUT2D eigenvalue weighted by atomic mass is 35.5. The van der Waals surface area contributed by atoms with Crippen LogP contribution in [0.3, 0.4) is 0 Å². The van der Waals surface area contributed by atoms with Gasteiger partial charge in [0.25, 0.3) is 0 Å². The number of rotatable bonds is 5. The molecule has 4 nitrogen and oxygen atoms in total. The van der Waals surface area contributed by atoms with Crippen molar-refractivity contribution in [3.05, 3.63) is 35.9 Å². The molecule has 1 saturated carbocycles. The van der Waals surface area contributed by atoms with Crippen LogP contribution in [-0.4, -0.2) is 42.7 Å². The fourth-order valence-corrected chi connectivity index (χ4v) is 3.04. The van der Waals surface area contributed by atoms with Gasteiger partial charge in [0.15, 0.2) is 6.10 Å². The molecule has 1 unspecified atom stereocenters. The summed E-state index contributed by atoms with van der Waals surface area (Å²) in [6.07, 6.45) is 3.75. The molecule has 1 aliphatic rings. The zero-order valence-electron chi connectivity index (χ0n) is 15.0. The molecule has 1 atom stereocenters. The van der Waals surface area contributed by atoms with Crippen molar-refractivity contribution >= 4 is 18.4 Å². The SMILES string of the molecule is CN(C)CC#CCC(O)C(=O)OC1(c2ccccc2)CCCCC1.Cl. The normalized spacial score (nSPS) is 17.0. The third kappa shape index (κ3) is 6.36. The van der Waals surface area contributed by atoms with Crippen LogP contribution in [-0.2, 0) is 15.1 Å². The van der Waals surface area contributed by atoms with Gasteiger partial charge >= 0.3 is 5.97 Å². The standard InChI is InChI=1S/C20H27NO3.ClH/c1-21(2)16-10-7-13-18(22)19(23)24-20(14-8-4-9-15-20)17-11-5-3-6-12-17;/h3,5-6,11-12,18,22H,4,8-9,13-16H2,1-2H3;1H. The van der Waals surface area contributed by atoms with Crippen molar-refractivity contribution in [3.63, 3.8) is 0 Å². The predicted octanol–water partition coefficient (Wildman–Crippen LogP) is 3.13. The van der Waals surface area contributed by atoms with Crippen LogP contribution in [0.25, 0.3) is 0 Å². The molecule has 0 radical (unpaired) electrons. The van der Waals surface area contributed by atoms with Crippen molar-refractivity contribution in [2.24, 2.45) is 0 Å². The van der Waals surface area contributed by atoms with Crippen LogP contribution in [0, 0.1) is 11.8 Å². The maximum absolute atomic E-state index is 12.4. The van der Waals surface area contributed by atoms with Crippen LogP contribution >= 0.6 is 12.4 Å². The third-order valence-electron chi connectivity index (χ3n) is 4.34. The number of aliphatic hydroxyl groups excluding tert-OH is 1. The van der Waals surface area contributed by atoms with Crippen molar-refractivity contribution in [1.29, 1.82) is 0 Å². The fourth-order valence-electron chi connectivity index (χ4n) is 3.04. The molecular formula is C20H28ClNO3. The van der Waals surface area contributed by atoms with Crippen LogP contribution in [0.15, 0.2) is 30.3 Å². The molecule has 1 fully saturated rings. The molecule has 0 saturated heterocycles. The second kappa shape index (κ2) is 10.5. The molecular weight excluding hydrogens is 338 g/mol. The Hall–Kier alpha value is -1.54. The average Bonchev–Trinajstić information content (AvgIpc) is 2.60. The summed E-state index contributed by atoms with van der Waals surface area (Å²) in [6.45, 7) is 0.607. The zero-order chi connectivity index (χ0) is 17.4. The molecule has 1 aromatic carbocycles. The predicted molar refractivity (Wildman–Crippen MR) is 101 cm³/mol. The van der Waals surface area contributed by atoms with Gasteiger partial charge in [-0.25, -0.2) is 4.79 Å². The summed E-state index contributed by atoms with van der Waals surface area (Å²) in [5.74, 6) is 5.20. The van der Waals surface area contributed by atoms with E-state index in [1.165, 1.54) is 0 Å². The molecule has 1 aromatic rings. The number of carbonyl (C=O) groups is 1. The lowest BCUT2D eigenvalue weighted by Crippen LogP contribution is -2.38. The highest BCUT2D eigenvalue weighted by Gasteiger charge is 2.38. The molecule has 25 heavy (non-hydrogen) atoms. The number of aliphatic hydroxyl groups is 1. The van der Waals surface area contributed by atoms with Gasteiger partial charge in [0, 0.05) is 6.42 Å². The smallest absolute Gasteiger partial charge is 0.336 e. The van der Waals surface area contributed by atoms with E-state index in [-0.39, 0.29) is 18.8 Å². The lowest BCUT2D eigenvalue weighted by atomic mass is 9.79. The van der Waals surface area contributed by atoms with Gasteiger partial charge in [-0.2, -0.15) is 0 Å². The Morgan fingerprint density at radius 3 is 2.44 bits per heavy atom. The second-order valence-corrected chi connectivity index (χ2v) is 6.65. The number of hydrogen-bond acceptors (Lipinski definition) is 4. The van der Waals surface area contributed by atoms with Crippen LogP contribution < -0.4 is 0 Å². The van der Waals surface area contributed by atoms with Crippen LogP contribution in [0.1, 0.15) is 44.1 Å². The van der Waals surface area contributed by atoms with E-state index in [9.17, 15) is 9.90 Å². The van der Waals surface area contributed by atoms with E-state index in [2.05, 4.69) is 11.8 Å². The average molecular weight is 366 g/mol. The number of benzene rings is 1. The topological polar surface area (TPSA) is 49.8 Å². The van der Waals surface area contributed by atoms with Gasteiger partial charge in [-0.3, -0.25) is 4.90 Å². The number of halogens is 1. The summed E-state index contributed by atoms with van der Waals surface area (Å²) in [7, 11) is 3.85. The lowest BCUT2D eigenvalue weighted by Gasteiger charge is -2.37. The van der Waals surface area contributed by atoms with Crippen molar-refractivity contribution in [2.75, 3.05) is 20.6 Å². The number of carbonyl (C=O) groups excluding carboxylic acids is 1. The Morgan fingerprint density at radius 2 is 1.84 bits per heavy atom. The highest BCUT2D eigenvalue weighted by Crippen LogP contribution is 2.40. The molecule has 138 valence electrons. The Bertz CT molecular complexity index is 586. The molecule has 0 heterocycles. The maximum atomic E-state index is 12.4. The van der Waals surface area contributed by atoms with Gasteiger partial charge in [-0.1, -0.05) is 48.6 Å². The van der Waals surface area contributed by atoms with E-state index in [4.69, 9.17) is 4.74 Å². The van der Waals surface area contributed by atoms with Crippen molar-refractivity contribution in [2.45, 2.75) is 50.2 Å². The Kier molecular flexibility index (Phi) is 8.99. The molecule has 1 aliphatic carbocycles. The minimum absolute atomic E-state index is 0. The quantitative estimate of drug-likeness (QED) is 0.643. The van der Waals surface area contributed by atoms with Gasteiger partial charge < -0.3 is 9.84 Å².